The number of benzene rings is 2. The molecule has 6 nitrogen and oxygen atoms in total. The van der Waals surface area contributed by atoms with E-state index in [4.69, 9.17) is 0 Å². The van der Waals surface area contributed by atoms with Crippen molar-refractivity contribution >= 4 is 11.6 Å². The van der Waals surface area contributed by atoms with Crippen LogP contribution in [-0.4, -0.2) is 59.4 Å². The van der Waals surface area contributed by atoms with Crippen molar-refractivity contribution < 1.29 is 4.79 Å². The van der Waals surface area contributed by atoms with Crippen LogP contribution in [0.25, 0.3) is 5.69 Å². The van der Waals surface area contributed by atoms with Gasteiger partial charge in [0, 0.05) is 57.1 Å². The number of piperazine rings is 1. The second kappa shape index (κ2) is 10.3. The van der Waals surface area contributed by atoms with Gasteiger partial charge in [-0.25, -0.2) is 4.68 Å². The van der Waals surface area contributed by atoms with E-state index in [1.54, 1.807) is 0 Å². The molecule has 0 aliphatic carbocycles. The van der Waals surface area contributed by atoms with Gasteiger partial charge in [-0.15, -0.1) is 0 Å². The van der Waals surface area contributed by atoms with Crippen molar-refractivity contribution in [2.75, 3.05) is 37.6 Å². The number of aryl methyl sites for hydroxylation is 1. The molecule has 0 saturated carbocycles. The minimum absolute atomic E-state index is 0.0993. The van der Waals surface area contributed by atoms with Gasteiger partial charge in [0.15, 0.2) is 0 Å². The summed E-state index contributed by atoms with van der Waals surface area (Å²) in [6, 6.07) is 20.9. The maximum atomic E-state index is 12.4. The molecule has 162 valence electrons. The fourth-order valence-electron chi connectivity index (χ4n) is 4.01. The van der Waals surface area contributed by atoms with Gasteiger partial charge in [-0.2, -0.15) is 5.10 Å². The molecular weight excluding hydrogens is 386 g/mol. The van der Waals surface area contributed by atoms with Crippen LogP contribution in [0.2, 0.25) is 0 Å². The van der Waals surface area contributed by atoms with E-state index >= 15 is 0 Å². The van der Waals surface area contributed by atoms with Crippen molar-refractivity contribution in [2.24, 2.45) is 0 Å². The number of rotatable bonds is 8. The highest BCUT2D eigenvalue weighted by atomic mass is 16.1. The van der Waals surface area contributed by atoms with Gasteiger partial charge in [-0.05, 0) is 43.2 Å². The fraction of sp³-hybridized carbons (Fsp3) is 0.360. The third kappa shape index (κ3) is 5.73. The molecule has 1 aromatic heterocycles. The summed E-state index contributed by atoms with van der Waals surface area (Å²) in [7, 11) is 0. The summed E-state index contributed by atoms with van der Waals surface area (Å²) in [5.74, 6) is 0.0993. The van der Waals surface area contributed by atoms with Crippen molar-refractivity contribution in [2.45, 2.75) is 25.8 Å². The molecule has 0 bridgehead atoms. The molecule has 2 heterocycles. The number of nitrogens with zero attached hydrogens (tertiary/aromatic N) is 4. The van der Waals surface area contributed by atoms with E-state index < -0.39 is 0 Å². The van der Waals surface area contributed by atoms with Crippen LogP contribution in [0.5, 0.6) is 0 Å². The Kier molecular flexibility index (Phi) is 6.99. The Morgan fingerprint density at radius 1 is 0.968 bits per heavy atom. The van der Waals surface area contributed by atoms with Gasteiger partial charge in [-0.1, -0.05) is 36.4 Å². The van der Waals surface area contributed by atoms with E-state index in [1.165, 1.54) is 5.69 Å². The molecule has 1 aliphatic heterocycles. The first-order valence-electron chi connectivity index (χ1n) is 11.1. The maximum Gasteiger partial charge on any atom is 0.220 e. The number of para-hydroxylation sites is 2. The molecule has 1 unspecified atom stereocenters. The second-order valence-corrected chi connectivity index (χ2v) is 8.14. The zero-order valence-corrected chi connectivity index (χ0v) is 18.2. The van der Waals surface area contributed by atoms with Gasteiger partial charge >= 0.3 is 0 Å². The summed E-state index contributed by atoms with van der Waals surface area (Å²) < 4.78 is 1.85. The van der Waals surface area contributed by atoms with Crippen LogP contribution in [0.1, 0.15) is 18.9 Å². The standard InChI is InChI=1S/C25H31N5O/c1-21(28-14-16-29(17-15-28)23-8-4-2-5-9-23)18-26-25(31)13-12-22-19-27-30(20-22)24-10-6-3-7-11-24/h2-11,19-21H,12-18H2,1H3,(H,26,31). The SMILES string of the molecule is CC(CNC(=O)CCc1cnn(-c2ccccc2)c1)N1CCN(c2ccccc2)CC1. The van der Waals surface area contributed by atoms with Crippen LogP contribution in [0.3, 0.4) is 0 Å². The highest BCUT2D eigenvalue weighted by molar-refractivity contribution is 5.76. The van der Waals surface area contributed by atoms with E-state index in [1.807, 2.05) is 47.4 Å². The number of carbonyl (C=O) groups excluding carboxylic acids is 1. The number of hydrogen-bond donors (Lipinski definition) is 1. The number of amides is 1. The van der Waals surface area contributed by atoms with Crippen LogP contribution in [0, 0.1) is 0 Å². The van der Waals surface area contributed by atoms with E-state index in [2.05, 4.69) is 57.5 Å². The Hall–Kier alpha value is -3.12. The predicted molar refractivity (Wildman–Crippen MR) is 125 cm³/mol. The fourth-order valence-corrected chi connectivity index (χ4v) is 4.01. The Morgan fingerprint density at radius 3 is 2.29 bits per heavy atom. The van der Waals surface area contributed by atoms with Gasteiger partial charge in [0.25, 0.3) is 0 Å². The van der Waals surface area contributed by atoms with Gasteiger partial charge < -0.3 is 10.2 Å². The number of anilines is 1. The summed E-state index contributed by atoms with van der Waals surface area (Å²) in [5.41, 5.74) is 3.39. The van der Waals surface area contributed by atoms with Crippen LogP contribution >= 0.6 is 0 Å². The van der Waals surface area contributed by atoms with Crippen LogP contribution < -0.4 is 10.2 Å². The zero-order valence-electron chi connectivity index (χ0n) is 18.2. The van der Waals surface area contributed by atoms with Crippen molar-refractivity contribution in [1.82, 2.24) is 20.0 Å². The van der Waals surface area contributed by atoms with Crippen molar-refractivity contribution in [1.29, 1.82) is 0 Å². The summed E-state index contributed by atoms with van der Waals surface area (Å²) in [4.78, 5) is 17.2. The molecule has 3 aromatic rings. The van der Waals surface area contributed by atoms with E-state index in [0.717, 1.165) is 37.4 Å². The van der Waals surface area contributed by atoms with Crippen LogP contribution in [0.4, 0.5) is 5.69 Å². The second-order valence-electron chi connectivity index (χ2n) is 8.14. The summed E-state index contributed by atoms with van der Waals surface area (Å²) in [6.07, 6.45) is 5.02. The lowest BCUT2D eigenvalue weighted by atomic mass is 10.2. The summed E-state index contributed by atoms with van der Waals surface area (Å²) in [6.45, 7) is 6.96. The highest BCUT2D eigenvalue weighted by Crippen LogP contribution is 2.16. The van der Waals surface area contributed by atoms with Crippen LogP contribution in [-0.2, 0) is 11.2 Å². The molecule has 1 N–H and O–H groups in total. The molecule has 0 radical (unpaired) electrons. The highest BCUT2D eigenvalue weighted by Gasteiger charge is 2.21. The van der Waals surface area contributed by atoms with Crippen molar-refractivity contribution in [3.05, 3.63) is 78.6 Å². The van der Waals surface area contributed by atoms with Crippen LogP contribution in [0.15, 0.2) is 73.1 Å². The summed E-state index contributed by atoms with van der Waals surface area (Å²) in [5, 5.41) is 7.51. The smallest absolute Gasteiger partial charge is 0.220 e. The molecule has 6 heteroatoms. The molecule has 1 amide bonds. The lowest BCUT2D eigenvalue weighted by molar-refractivity contribution is -0.121. The van der Waals surface area contributed by atoms with E-state index in [0.29, 0.717) is 25.4 Å². The number of carbonyl (C=O) groups is 1. The van der Waals surface area contributed by atoms with Crippen molar-refractivity contribution in [3.63, 3.8) is 0 Å². The normalized spacial score (nSPS) is 15.6. The monoisotopic (exact) mass is 417 g/mol. The zero-order chi connectivity index (χ0) is 21.5. The summed E-state index contributed by atoms with van der Waals surface area (Å²) >= 11 is 0. The average Bonchev–Trinajstić information content (AvgIpc) is 3.31. The predicted octanol–water partition coefficient (Wildman–Crippen LogP) is 3.13. The Balaban J connectivity index is 1.17. The molecule has 1 saturated heterocycles. The molecule has 1 fully saturated rings. The molecule has 31 heavy (non-hydrogen) atoms. The van der Waals surface area contributed by atoms with Crippen molar-refractivity contribution in [3.8, 4) is 5.69 Å². The lowest BCUT2D eigenvalue weighted by Crippen LogP contribution is -2.52. The van der Waals surface area contributed by atoms with Gasteiger partial charge in [-0.3, -0.25) is 9.69 Å². The van der Waals surface area contributed by atoms with Gasteiger partial charge in [0.1, 0.15) is 0 Å². The minimum atomic E-state index is 0.0993. The number of aromatic nitrogens is 2. The minimum Gasteiger partial charge on any atom is -0.369 e. The third-order valence-corrected chi connectivity index (χ3v) is 5.95. The Labute approximate surface area is 184 Å². The molecule has 1 atom stereocenters. The third-order valence-electron chi connectivity index (χ3n) is 5.95. The largest absolute Gasteiger partial charge is 0.369 e. The van der Waals surface area contributed by atoms with Gasteiger partial charge in [0.05, 0.1) is 11.9 Å². The topological polar surface area (TPSA) is 53.4 Å². The number of nitrogens with one attached hydrogen (secondary N) is 1. The maximum absolute atomic E-state index is 12.4. The average molecular weight is 418 g/mol. The quantitative estimate of drug-likeness (QED) is 0.612. The van der Waals surface area contributed by atoms with Gasteiger partial charge in [0.2, 0.25) is 5.91 Å². The Bertz CT molecular complexity index is 948. The first-order valence-corrected chi connectivity index (χ1v) is 11.1. The molecular formula is C25H31N5O. The molecule has 1 aliphatic rings. The Morgan fingerprint density at radius 2 is 1.61 bits per heavy atom. The lowest BCUT2D eigenvalue weighted by Gasteiger charge is -2.39. The number of hydrogen-bond acceptors (Lipinski definition) is 4. The first kappa shape index (κ1) is 21.1. The molecule has 4 rings (SSSR count). The van der Waals surface area contributed by atoms with E-state index in [9.17, 15) is 4.79 Å². The van der Waals surface area contributed by atoms with E-state index in [-0.39, 0.29) is 5.91 Å². The molecule has 2 aromatic carbocycles. The first-order chi connectivity index (χ1) is 15.2. The molecule has 0 spiro atoms.